The average molecular weight is 617 g/mol. The van der Waals surface area contributed by atoms with E-state index in [9.17, 15) is 0 Å². The van der Waals surface area contributed by atoms with Crippen LogP contribution in [-0.4, -0.2) is 16.2 Å². The number of hydrogen-bond acceptors (Lipinski definition) is 4. The van der Waals surface area contributed by atoms with Gasteiger partial charge in [-0.25, -0.2) is 9.98 Å². The van der Waals surface area contributed by atoms with E-state index in [4.69, 9.17) is 14.4 Å². The molecule has 1 atom stereocenters. The van der Waals surface area contributed by atoms with Crippen molar-refractivity contribution in [2.75, 3.05) is 0 Å². The largest absolute Gasteiger partial charge is 0.454 e. The molecule has 3 heterocycles. The third-order valence-corrected chi connectivity index (χ3v) is 9.44. The Balaban J connectivity index is 1.15. The van der Waals surface area contributed by atoms with E-state index in [2.05, 4.69) is 131 Å². The molecule has 0 radical (unpaired) electrons. The molecule has 0 fully saturated rings. The predicted octanol–water partition coefficient (Wildman–Crippen LogP) is 10.3. The lowest BCUT2D eigenvalue weighted by Crippen LogP contribution is -2.33. The number of hydrogen-bond donors (Lipinski definition) is 1. The van der Waals surface area contributed by atoms with E-state index in [1.165, 1.54) is 21.5 Å². The maximum atomic E-state index is 6.81. The molecule has 0 aliphatic carbocycles. The van der Waals surface area contributed by atoms with Crippen LogP contribution >= 0.6 is 0 Å². The van der Waals surface area contributed by atoms with Crippen molar-refractivity contribution >= 4 is 66.2 Å². The van der Waals surface area contributed by atoms with Gasteiger partial charge in [-0.2, -0.15) is 0 Å². The number of nitrogens with one attached hydrogen (secondary N) is 1. The van der Waals surface area contributed by atoms with Crippen LogP contribution < -0.4 is 5.32 Å². The number of aromatic nitrogens is 1. The van der Waals surface area contributed by atoms with Gasteiger partial charge in [0, 0.05) is 32.7 Å². The normalized spacial score (nSPS) is 14.9. The molecule has 0 amide bonds. The van der Waals surface area contributed by atoms with Crippen LogP contribution in [0.1, 0.15) is 22.9 Å². The van der Waals surface area contributed by atoms with Crippen molar-refractivity contribution in [3.05, 3.63) is 174 Å². The van der Waals surface area contributed by atoms with Gasteiger partial charge in [0.2, 0.25) is 0 Å². The fourth-order valence-corrected chi connectivity index (χ4v) is 7.22. The Labute approximate surface area is 276 Å². The van der Waals surface area contributed by atoms with E-state index >= 15 is 0 Å². The summed E-state index contributed by atoms with van der Waals surface area (Å²) in [6.45, 7) is 0. The molecular weight excluding hydrogens is 589 g/mol. The molecule has 1 unspecified atom stereocenters. The second-order valence-corrected chi connectivity index (χ2v) is 12.2. The van der Waals surface area contributed by atoms with Gasteiger partial charge in [0.15, 0.2) is 11.4 Å². The quantitative estimate of drug-likeness (QED) is 0.214. The highest BCUT2D eigenvalue weighted by Gasteiger charge is 2.23. The number of furan rings is 1. The molecule has 5 heteroatoms. The van der Waals surface area contributed by atoms with Crippen LogP contribution in [-0.2, 0) is 0 Å². The summed E-state index contributed by atoms with van der Waals surface area (Å²) < 4.78 is 9.16. The zero-order chi connectivity index (χ0) is 31.6. The first kappa shape index (κ1) is 26.7. The van der Waals surface area contributed by atoms with Gasteiger partial charge in [0.25, 0.3) is 0 Å². The van der Waals surface area contributed by atoms with Crippen molar-refractivity contribution in [2.45, 2.75) is 6.17 Å². The van der Waals surface area contributed by atoms with Crippen molar-refractivity contribution < 1.29 is 4.42 Å². The Morgan fingerprint density at radius 3 is 2.19 bits per heavy atom. The average Bonchev–Trinajstić information content (AvgIpc) is 3.71. The molecule has 1 aliphatic heterocycles. The zero-order valence-electron chi connectivity index (χ0n) is 25.8. The second kappa shape index (κ2) is 10.5. The molecule has 1 aliphatic rings. The number of para-hydroxylation sites is 2. The van der Waals surface area contributed by atoms with Gasteiger partial charge in [-0.3, -0.25) is 0 Å². The number of nitrogens with zero attached hydrogens (tertiary/aromatic N) is 3. The number of aliphatic imine (C=N–C) groups is 2. The summed E-state index contributed by atoms with van der Waals surface area (Å²) in [5.41, 5.74) is 7.98. The first-order valence-corrected chi connectivity index (χ1v) is 16.2. The lowest BCUT2D eigenvalue weighted by molar-refractivity contribution is 0.664. The van der Waals surface area contributed by atoms with Crippen molar-refractivity contribution in [1.82, 2.24) is 9.88 Å². The highest BCUT2D eigenvalue weighted by Crippen LogP contribution is 2.40. The maximum Gasteiger partial charge on any atom is 0.159 e. The molecule has 10 rings (SSSR count). The molecule has 1 N–H and O–H groups in total. The maximum absolute atomic E-state index is 6.81. The van der Waals surface area contributed by atoms with Crippen molar-refractivity contribution in [3.8, 4) is 5.69 Å². The van der Waals surface area contributed by atoms with Gasteiger partial charge in [0.05, 0.1) is 16.7 Å². The van der Waals surface area contributed by atoms with Gasteiger partial charge in [-0.05, 0) is 46.7 Å². The lowest BCUT2D eigenvalue weighted by atomic mass is 10.0. The molecule has 0 spiro atoms. The van der Waals surface area contributed by atoms with E-state index in [1.807, 2.05) is 36.4 Å². The molecule has 5 nitrogen and oxygen atoms in total. The summed E-state index contributed by atoms with van der Waals surface area (Å²) in [7, 11) is 0. The Bertz CT molecular complexity index is 2750. The van der Waals surface area contributed by atoms with Crippen molar-refractivity contribution in [1.29, 1.82) is 0 Å². The molecular formula is C43H28N4O. The number of rotatable bonds is 4. The Kier molecular flexibility index (Phi) is 5.87. The molecule has 9 aromatic rings. The monoisotopic (exact) mass is 616 g/mol. The van der Waals surface area contributed by atoms with Crippen LogP contribution in [0.25, 0.3) is 60.2 Å². The summed E-state index contributed by atoms with van der Waals surface area (Å²) in [5, 5.41) is 10.7. The molecule has 226 valence electrons. The van der Waals surface area contributed by atoms with Gasteiger partial charge in [-0.15, -0.1) is 0 Å². The minimum Gasteiger partial charge on any atom is -0.454 e. The number of benzene rings is 7. The fraction of sp³-hybridized carbons (Fsp3) is 0.0233. The SMILES string of the molecule is c1ccc(C2=NC(c3ccccc3)NC(c3ccc4c(c3)oc3c(-n5c6ccccc6c6c7ccccc7ccc65)cccc34)=N2)cc1. The highest BCUT2D eigenvalue weighted by molar-refractivity contribution is 6.22. The third kappa shape index (κ3) is 4.11. The van der Waals surface area contributed by atoms with Crippen molar-refractivity contribution in [2.24, 2.45) is 9.98 Å². The van der Waals surface area contributed by atoms with Crippen LogP contribution in [0.3, 0.4) is 0 Å². The van der Waals surface area contributed by atoms with E-state index in [0.717, 1.165) is 61.2 Å². The highest BCUT2D eigenvalue weighted by atomic mass is 16.3. The summed E-state index contributed by atoms with van der Waals surface area (Å²) in [6, 6.07) is 55.0. The Morgan fingerprint density at radius 2 is 1.31 bits per heavy atom. The van der Waals surface area contributed by atoms with Crippen LogP contribution in [0.15, 0.2) is 172 Å². The van der Waals surface area contributed by atoms with E-state index in [0.29, 0.717) is 5.84 Å². The first-order valence-electron chi connectivity index (χ1n) is 16.2. The molecule has 0 saturated heterocycles. The molecule has 2 aromatic heterocycles. The van der Waals surface area contributed by atoms with E-state index in [1.54, 1.807) is 0 Å². The van der Waals surface area contributed by atoms with Gasteiger partial charge >= 0.3 is 0 Å². The van der Waals surface area contributed by atoms with Crippen LogP contribution in [0.2, 0.25) is 0 Å². The summed E-state index contributed by atoms with van der Waals surface area (Å²) in [5.74, 6) is 1.46. The first-order chi connectivity index (χ1) is 23.8. The summed E-state index contributed by atoms with van der Waals surface area (Å²) in [6.07, 6.45) is -0.265. The lowest BCUT2D eigenvalue weighted by Gasteiger charge is -2.23. The third-order valence-electron chi connectivity index (χ3n) is 9.44. The summed E-state index contributed by atoms with van der Waals surface area (Å²) in [4.78, 5) is 10.0. The smallest absolute Gasteiger partial charge is 0.159 e. The molecule has 0 bridgehead atoms. The van der Waals surface area contributed by atoms with Gasteiger partial charge in [-0.1, -0.05) is 127 Å². The van der Waals surface area contributed by atoms with E-state index < -0.39 is 0 Å². The predicted molar refractivity (Wildman–Crippen MR) is 197 cm³/mol. The van der Waals surface area contributed by atoms with Crippen LogP contribution in [0.5, 0.6) is 0 Å². The molecule has 48 heavy (non-hydrogen) atoms. The van der Waals surface area contributed by atoms with Gasteiger partial charge < -0.3 is 14.3 Å². The zero-order valence-corrected chi connectivity index (χ0v) is 25.8. The topological polar surface area (TPSA) is 54.8 Å². The number of amidine groups is 2. The van der Waals surface area contributed by atoms with Gasteiger partial charge in [0.1, 0.15) is 17.6 Å². The number of fused-ring (bicyclic) bond motifs is 8. The standard InChI is InChI=1S/C43H28N4O/c1-3-13-28(14-4-1)41-44-42(29-15-5-2-6-16-29)46-43(45-41)30-22-24-32-33-19-11-21-37(40(33)48-38(32)26-30)47-35-20-10-9-18-34(35)39-31-17-8-7-12-27(31)23-25-36(39)47/h1-26,41H,(H,44,45,46). The Morgan fingerprint density at radius 1 is 0.562 bits per heavy atom. The minimum absolute atomic E-state index is 0.265. The minimum atomic E-state index is -0.265. The fourth-order valence-electron chi connectivity index (χ4n) is 7.22. The second-order valence-electron chi connectivity index (χ2n) is 12.2. The van der Waals surface area contributed by atoms with E-state index in [-0.39, 0.29) is 6.17 Å². The van der Waals surface area contributed by atoms with Crippen LogP contribution in [0, 0.1) is 0 Å². The molecule has 0 saturated carbocycles. The molecule has 7 aromatic carbocycles. The Hall–Kier alpha value is -6.46. The van der Waals surface area contributed by atoms with Crippen molar-refractivity contribution in [3.63, 3.8) is 0 Å². The summed E-state index contributed by atoms with van der Waals surface area (Å²) >= 11 is 0. The van der Waals surface area contributed by atoms with Crippen LogP contribution in [0.4, 0.5) is 0 Å².